The summed E-state index contributed by atoms with van der Waals surface area (Å²) in [5.74, 6) is -0.485. The summed E-state index contributed by atoms with van der Waals surface area (Å²) in [5.41, 5.74) is 0.922. The number of H-pyrrole nitrogens is 1. The van der Waals surface area contributed by atoms with Crippen LogP contribution in [-0.4, -0.2) is 26.0 Å². The molecule has 90 valence electrons. The van der Waals surface area contributed by atoms with Crippen molar-refractivity contribution in [2.24, 2.45) is 0 Å². The van der Waals surface area contributed by atoms with E-state index in [1.807, 2.05) is 5.38 Å². The van der Waals surface area contributed by atoms with Gasteiger partial charge in [0.15, 0.2) is 11.5 Å². The maximum Gasteiger partial charge on any atom is 0.338 e. The third-order valence-electron chi connectivity index (χ3n) is 2.45. The van der Waals surface area contributed by atoms with Crippen LogP contribution in [0, 0.1) is 0 Å². The molecule has 5 nitrogen and oxygen atoms in total. The fourth-order valence-electron chi connectivity index (χ4n) is 1.66. The van der Waals surface area contributed by atoms with Gasteiger partial charge >= 0.3 is 5.97 Å². The normalized spacial score (nSPS) is 10.9. The van der Waals surface area contributed by atoms with E-state index >= 15 is 0 Å². The molecule has 0 saturated heterocycles. The van der Waals surface area contributed by atoms with Crippen LogP contribution in [0.1, 0.15) is 10.4 Å². The molecule has 3 aromatic rings. The van der Waals surface area contributed by atoms with Crippen LogP contribution in [0.4, 0.5) is 0 Å². The number of nitrogens with zero attached hydrogens (tertiary/aromatic N) is 2. The first-order valence-corrected chi connectivity index (χ1v) is 6.24. The summed E-state index contributed by atoms with van der Waals surface area (Å²) in [4.78, 5) is 23.1. The second kappa shape index (κ2) is 4.08. The Balaban J connectivity index is 2.26. The maximum absolute atomic E-state index is 11.1. The molecule has 0 bridgehead atoms. The average molecular weight is 280 g/mol. The van der Waals surface area contributed by atoms with Crippen LogP contribution in [0.3, 0.4) is 0 Å². The highest BCUT2D eigenvalue weighted by Gasteiger charge is 2.15. The number of halogens is 1. The third kappa shape index (κ3) is 1.66. The molecule has 0 aromatic carbocycles. The molecular formula is C11H6ClN3O2S. The minimum absolute atomic E-state index is 0.145. The lowest BCUT2D eigenvalue weighted by atomic mass is 10.2. The zero-order valence-corrected chi connectivity index (χ0v) is 10.4. The van der Waals surface area contributed by atoms with Crippen molar-refractivity contribution in [2.45, 2.75) is 0 Å². The van der Waals surface area contributed by atoms with Gasteiger partial charge in [0.1, 0.15) is 0 Å². The first-order valence-electron chi connectivity index (χ1n) is 4.98. The summed E-state index contributed by atoms with van der Waals surface area (Å²) in [6, 6.07) is 3.20. The monoisotopic (exact) mass is 279 g/mol. The number of aromatic carboxylic acids is 1. The Morgan fingerprint density at radius 2 is 2.28 bits per heavy atom. The molecule has 0 spiro atoms. The van der Waals surface area contributed by atoms with E-state index in [1.165, 1.54) is 23.6 Å². The highest BCUT2D eigenvalue weighted by atomic mass is 35.5. The number of fused-ring (bicyclic) bond motifs is 1. The van der Waals surface area contributed by atoms with E-state index in [4.69, 9.17) is 16.7 Å². The summed E-state index contributed by atoms with van der Waals surface area (Å²) in [5, 5.41) is 11.5. The van der Waals surface area contributed by atoms with E-state index in [0.717, 1.165) is 4.88 Å². The molecule has 0 atom stereocenters. The maximum atomic E-state index is 11.1. The van der Waals surface area contributed by atoms with Gasteiger partial charge < -0.3 is 10.1 Å². The lowest BCUT2D eigenvalue weighted by Crippen LogP contribution is -1.97. The van der Waals surface area contributed by atoms with Crippen molar-refractivity contribution < 1.29 is 9.90 Å². The molecule has 3 heterocycles. The van der Waals surface area contributed by atoms with E-state index in [-0.39, 0.29) is 5.56 Å². The number of thiophene rings is 1. The Morgan fingerprint density at radius 3 is 2.94 bits per heavy atom. The zero-order valence-electron chi connectivity index (χ0n) is 8.85. The predicted molar refractivity (Wildman–Crippen MR) is 69.2 cm³/mol. The van der Waals surface area contributed by atoms with Crippen LogP contribution in [0.2, 0.25) is 5.02 Å². The molecule has 0 amide bonds. The first-order chi connectivity index (χ1) is 8.66. The molecule has 7 heteroatoms. The topological polar surface area (TPSA) is 78.9 Å². The highest BCUT2D eigenvalue weighted by Crippen LogP contribution is 2.32. The lowest BCUT2D eigenvalue weighted by molar-refractivity contribution is 0.0699. The van der Waals surface area contributed by atoms with Gasteiger partial charge in [-0.1, -0.05) is 11.6 Å². The van der Waals surface area contributed by atoms with Crippen molar-refractivity contribution in [1.29, 1.82) is 0 Å². The summed E-state index contributed by atoms with van der Waals surface area (Å²) in [6.07, 6.45) is 1.42. The van der Waals surface area contributed by atoms with Gasteiger partial charge in [-0.15, -0.1) is 11.3 Å². The second-order valence-electron chi connectivity index (χ2n) is 3.55. The van der Waals surface area contributed by atoms with Gasteiger partial charge in [0, 0.05) is 6.20 Å². The molecule has 0 aliphatic carbocycles. The van der Waals surface area contributed by atoms with Gasteiger partial charge in [0.2, 0.25) is 0 Å². The van der Waals surface area contributed by atoms with E-state index in [2.05, 4.69) is 15.0 Å². The molecule has 2 N–H and O–H groups in total. The Morgan fingerprint density at radius 1 is 1.44 bits per heavy atom. The number of rotatable bonds is 2. The van der Waals surface area contributed by atoms with Crippen molar-refractivity contribution in [3.63, 3.8) is 0 Å². The number of aromatic amines is 1. The number of pyridine rings is 1. The summed E-state index contributed by atoms with van der Waals surface area (Å²) < 4.78 is 0. The average Bonchev–Trinajstić information content (AvgIpc) is 2.92. The highest BCUT2D eigenvalue weighted by molar-refractivity contribution is 7.14. The SMILES string of the molecule is O=C(O)c1ccnc2nc(-c3sccc3Cl)[nH]c12. The molecule has 0 aliphatic heterocycles. The first kappa shape index (κ1) is 11.2. The minimum Gasteiger partial charge on any atom is -0.478 e. The summed E-state index contributed by atoms with van der Waals surface area (Å²) >= 11 is 7.45. The van der Waals surface area contributed by atoms with E-state index < -0.39 is 5.97 Å². The molecule has 0 fully saturated rings. The van der Waals surface area contributed by atoms with Gasteiger partial charge in [0.05, 0.1) is 21.0 Å². The lowest BCUT2D eigenvalue weighted by Gasteiger charge is -1.94. The summed E-state index contributed by atoms with van der Waals surface area (Å²) in [7, 11) is 0. The zero-order chi connectivity index (χ0) is 12.7. The van der Waals surface area contributed by atoms with Crippen molar-refractivity contribution >= 4 is 40.1 Å². The van der Waals surface area contributed by atoms with Crippen LogP contribution in [0.25, 0.3) is 21.9 Å². The van der Waals surface area contributed by atoms with Crippen molar-refractivity contribution in [1.82, 2.24) is 15.0 Å². The van der Waals surface area contributed by atoms with E-state index in [0.29, 0.717) is 22.0 Å². The number of carbonyl (C=O) groups is 1. The molecule has 3 aromatic heterocycles. The van der Waals surface area contributed by atoms with E-state index in [1.54, 1.807) is 6.07 Å². The number of hydrogen-bond donors (Lipinski definition) is 2. The quantitative estimate of drug-likeness (QED) is 0.756. The Bertz CT molecular complexity index is 750. The molecular weight excluding hydrogens is 274 g/mol. The molecule has 0 saturated carbocycles. The fourth-order valence-corrected chi connectivity index (χ4v) is 2.75. The van der Waals surface area contributed by atoms with Crippen LogP contribution < -0.4 is 0 Å². The number of carboxylic acids is 1. The third-order valence-corrected chi connectivity index (χ3v) is 3.80. The van der Waals surface area contributed by atoms with Gasteiger partial charge in [-0.25, -0.2) is 14.8 Å². The number of carboxylic acid groups (broad SMARTS) is 1. The van der Waals surface area contributed by atoms with E-state index in [9.17, 15) is 4.79 Å². The fraction of sp³-hybridized carbons (Fsp3) is 0. The van der Waals surface area contributed by atoms with Gasteiger partial charge in [-0.3, -0.25) is 0 Å². The molecule has 18 heavy (non-hydrogen) atoms. The molecule has 0 aliphatic rings. The van der Waals surface area contributed by atoms with Crippen LogP contribution in [0.15, 0.2) is 23.7 Å². The Labute approximate surface area is 110 Å². The number of hydrogen-bond acceptors (Lipinski definition) is 4. The van der Waals surface area contributed by atoms with Crippen molar-refractivity contribution in [3.8, 4) is 10.7 Å². The van der Waals surface area contributed by atoms with Gasteiger partial charge in [0.25, 0.3) is 0 Å². The largest absolute Gasteiger partial charge is 0.478 e. The second-order valence-corrected chi connectivity index (χ2v) is 4.87. The number of imidazole rings is 1. The minimum atomic E-state index is -1.02. The van der Waals surface area contributed by atoms with Crippen LogP contribution >= 0.6 is 22.9 Å². The van der Waals surface area contributed by atoms with Gasteiger partial charge in [-0.05, 0) is 17.5 Å². The number of aromatic nitrogens is 3. The summed E-state index contributed by atoms with van der Waals surface area (Å²) in [6.45, 7) is 0. The van der Waals surface area contributed by atoms with Crippen LogP contribution in [-0.2, 0) is 0 Å². The molecule has 3 rings (SSSR count). The van der Waals surface area contributed by atoms with Crippen molar-refractivity contribution in [2.75, 3.05) is 0 Å². The number of nitrogens with one attached hydrogen (secondary N) is 1. The van der Waals surface area contributed by atoms with Crippen LogP contribution in [0.5, 0.6) is 0 Å². The molecule has 0 unspecified atom stereocenters. The predicted octanol–water partition coefficient (Wildman–Crippen LogP) is 3.04. The standard InChI is InChI=1S/C11H6ClN3O2S/c12-6-2-4-18-8(6)10-14-7-5(11(16)17)1-3-13-9(7)15-10/h1-4H,(H,16,17)(H,13,14,15). The Kier molecular flexibility index (Phi) is 2.53. The Hall–Kier alpha value is -1.92. The smallest absolute Gasteiger partial charge is 0.338 e. The van der Waals surface area contributed by atoms with Gasteiger partial charge in [-0.2, -0.15) is 0 Å². The molecule has 0 radical (unpaired) electrons. The van der Waals surface area contributed by atoms with Crippen molar-refractivity contribution in [3.05, 3.63) is 34.3 Å².